The van der Waals surface area contributed by atoms with Crippen LogP contribution >= 0.6 is 11.8 Å². The molecule has 0 spiro atoms. The number of hydrogen-bond donors (Lipinski definition) is 1. The minimum atomic E-state index is -0.126. The van der Waals surface area contributed by atoms with E-state index in [4.69, 9.17) is 4.74 Å². The van der Waals surface area contributed by atoms with Gasteiger partial charge in [0.25, 0.3) is 0 Å². The van der Waals surface area contributed by atoms with Gasteiger partial charge in [0, 0.05) is 5.25 Å². The fraction of sp³-hybridized carbons (Fsp3) is 0.917. The maximum absolute atomic E-state index is 11.2. The Labute approximate surface area is 101 Å². The predicted octanol–water partition coefficient (Wildman–Crippen LogP) is 1.98. The summed E-state index contributed by atoms with van der Waals surface area (Å²) in [7, 11) is 1.45. The van der Waals surface area contributed by atoms with Crippen molar-refractivity contribution in [3.63, 3.8) is 0 Å². The van der Waals surface area contributed by atoms with Crippen molar-refractivity contribution in [1.29, 1.82) is 0 Å². The smallest absolute Gasteiger partial charge is 0.306 e. The highest BCUT2D eigenvalue weighted by Gasteiger charge is 2.45. The van der Waals surface area contributed by atoms with Crippen LogP contribution in [0.5, 0.6) is 0 Å². The number of aliphatic hydroxyl groups is 1. The van der Waals surface area contributed by atoms with E-state index in [1.165, 1.54) is 7.11 Å². The Kier molecular flexibility index (Phi) is 3.80. The Balaban J connectivity index is 1.74. The van der Waals surface area contributed by atoms with E-state index in [1.807, 2.05) is 11.8 Å². The van der Waals surface area contributed by atoms with Crippen LogP contribution in [0.25, 0.3) is 0 Å². The Bertz CT molecular complexity index is 263. The Morgan fingerprint density at radius 1 is 1.50 bits per heavy atom. The van der Waals surface area contributed by atoms with Gasteiger partial charge < -0.3 is 9.84 Å². The molecule has 0 aliphatic heterocycles. The van der Waals surface area contributed by atoms with Crippen LogP contribution in [0.15, 0.2) is 0 Å². The Morgan fingerprint density at radius 3 is 2.75 bits per heavy atom. The van der Waals surface area contributed by atoms with Gasteiger partial charge in [-0.15, -0.1) is 0 Å². The van der Waals surface area contributed by atoms with Gasteiger partial charge in [-0.25, -0.2) is 0 Å². The van der Waals surface area contributed by atoms with Crippen LogP contribution < -0.4 is 0 Å². The van der Waals surface area contributed by atoms with Gasteiger partial charge in [0.15, 0.2) is 0 Å². The SMILES string of the molecule is COC(=O)CC1(CS[C@@H]2CCC[C@H]2O)CC1. The number of thioether (sulfide) groups is 1. The summed E-state index contributed by atoms with van der Waals surface area (Å²) in [5.41, 5.74) is 0.195. The third-order valence-electron chi connectivity index (χ3n) is 3.73. The van der Waals surface area contributed by atoms with Crippen molar-refractivity contribution in [2.45, 2.75) is 49.9 Å². The summed E-state index contributed by atoms with van der Waals surface area (Å²) in [6.45, 7) is 0. The second kappa shape index (κ2) is 4.96. The summed E-state index contributed by atoms with van der Waals surface area (Å²) in [6.07, 6.45) is 5.92. The van der Waals surface area contributed by atoms with Crippen molar-refractivity contribution in [2.75, 3.05) is 12.9 Å². The molecule has 0 unspecified atom stereocenters. The van der Waals surface area contributed by atoms with E-state index in [0.717, 1.165) is 37.9 Å². The van der Waals surface area contributed by atoms with E-state index in [9.17, 15) is 9.90 Å². The Hall–Kier alpha value is -0.220. The largest absolute Gasteiger partial charge is 0.469 e. The maximum atomic E-state index is 11.2. The topological polar surface area (TPSA) is 46.5 Å². The standard InChI is InChI=1S/C12H20O3S/c1-15-11(14)7-12(5-6-12)8-16-10-4-2-3-9(10)13/h9-10,13H,2-8H2,1H3/t9-,10-/m1/s1. The highest BCUT2D eigenvalue weighted by Crippen LogP contribution is 2.52. The molecule has 0 amide bonds. The van der Waals surface area contributed by atoms with Gasteiger partial charge in [0.05, 0.1) is 19.6 Å². The number of carbonyl (C=O) groups excluding carboxylic acids is 1. The molecule has 1 N–H and O–H groups in total. The van der Waals surface area contributed by atoms with Crippen molar-refractivity contribution in [1.82, 2.24) is 0 Å². The minimum Gasteiger partial charge on any atom is -0.469 e. The molecule has 0 aromatic rings. The molecular weight excluding hydrogens is 224 g/mol. The second-order valence-corrected chi connectivity index (χ2v) is 6.33. The second-order valence-electron chi connectivity index (χ2n) is 5.10. The molecule has 2 aliphatic rings. The number of rotatable bonds is 5. The fourth-order valence-electron chi connectivity index (χ4n) is 2.31. The van der Waals surface area contributed by atoms with E-state index in [2.05, 4.69) is 0 Å². The molecule has 16 heavy (non-hydrogen) atoms. The third kappa shape index (κ3) is 2.92. The number of methoxy groups -OCH3 is 1. The summed E-state index contributed by atoms with van der Waals surface area (Å²) < 4.78 is 4.72. The first-order chi connectivity index (χ1) is 7.65. The van der Waals surface area contributed by atoms with Crippen LogP contribution in [0.1, 0.15) is 38.5 Å². The molecule has 4 heteroatoms. The van der Waals surface area contributed by atoms with Crippen LogP contribution in [0.4, 0.5) is 0 Å². The van der Waals surface area contributed by atoms with Crippen molar-refractivity contribution in [2.24, 2.45) is 5.41 Å². The van der Waals surface area contributed by atoms with E-state index < -0.39 is 0 Å². The molecule has 0 bridgehead atoms. The van der Waals surface area contributed by atoms with Crippen LogP contribution in [0, 0.1) is 5.41 Å². The number of hydrogen-bond acceptors (Lipinski definition) is 4. The number of esters is 1. The molecule has 3 nitrogen and oxygen atoms in total. The lowest BCUT2D eigenvalue weighted by atomic mass is 10.1. The van der Waals surface area contributed by atoms with Gasteiger partial charge >= 0.3 is 5.97 Å². The first-order valence-corrected chi connectivity index (χ1v) is 7.07. The third-order valence-corrected chi connectivity index (χ3v) is 5.48. The summed E-state index contributed by atoms with van der Waals surface area (Å²) in [4.78, 5) is 11.2. The maximum Gasteiger partial charge on any atom is 0.306 e. The van der Waals surface area contributed by atoms with Crippen molar-refractivity contribution in [3.05, 3.63) is 0 Å². The molecule has 92 valence electrons. The van der Waals surface area contributed by atoms with Crippen LogP contribution in [-0.2, 0) is 9.53 Å². The average molecular weight is 244 g/mol. The van der Waals surface area contributed by atoms with Gasteiger partial charge in [-0.1, -0.05) is 0 Å². The first-order valence-electron chi connectivity index (χ1n) is 6.02. The van der Waals surface area contributed by atoms with Gasteiger partial charge in [-0.3, -0.25) is 4.79 Å². The van der Waals surface area contributed by atoms with E-state index >= 15 is 0 Å². The monoisotopic (exact) mass is 244 g/mol. The van der Waals surface area contributed by atoms with Gasteiger partial charge in [0.1, 0.15) is 0 Å². The molecule has 0 heterocycles. The molecular formula is C12H20O3S. The zero-order chi connectivity index (χ0) is 11.6. The van der Waals surface area contributed by atoms with Crippen LogP contribution in [0.3, 0.4) is 0 Å². The quantitative estimate of drug-likeness (QED) is 0.751. The zero-order valence-electron chi connectivity index (χ0n) is 9.78. The highest BCUT2D eigenvalue weighted by atomic mass is 32.2. The summed E-state index contributed by atoms with van der Waals surface area (Å²) in [6, 6.07) is 0. The number of aliphatic hydroxyl groups excluding tert-OH is 1. The molecule has 0 aromatic heterocycles. The van der Waals surface area contributed by atoms with E-state index in [0.29, 0.717) is 11.7 Å². The normalized spacial score (nSPS) is 31.4. The van der Waals surface area contributed by atoms with Crippen LogP contribution in [-0.4, -0.2) is 35.3 Å². The molecule has 0 saturated heterocycles. The summed E-state index contributed by atoms with van der Waals surface area (Å²) in [5.74, 6) is 0.911. The minimum absolute atomic E-state index is 0.0925. The highest BCUT2D eigenvalue weighted by molar-refractivity contribution is 8.00. The lowest BCUT2D eigenvalue weighted by Crippen LogP contribution is -2.19. The molecule has 2 aliphatic carbocycles. The van der Waals surface area contributed by atoms with Gasteiger partial charge in [-0.05, 0) is 43.3 Å². The van der Waals surface area contributed by atoms with Crippen molar-refractivity contribution >= 4 is 17.7 Å². The van der Waals surface area contributed by atoms with E-state index in [-0.39, 0.29) is 17.5 Å². The van der Waals surface area contributed by atoms with Gasteiger partial charge in [-0.2, -0.15) is 11.8 Å². The molecule has 2 fully saturated rings. The zero-order valence-corrected chi connectivity index (χ0v) is 10.6. The number of carbonyl (C=O) groups is 1. The fourth-order valence-corrected chi connectivity index (χ4v) is 3.96. The average Bonchev–Trinajstić information content (AvgIpc) is 2.91. The molecule has 0 aromatic carbocycles. The molecule has 2 saturated carbocycles. The van der Waals surface area contributed by atoms with Crippen molar-refractivity contribution in [3.8, 4) is 0 Å². The lowest BCUT2D eigenvalue weighted by molar-refractivity contribution is -0.141. The first kappa shape index (κ1) is 12.2. The summed E-state index contributed by atoms with van der Waals surface area (Å²) >= 11 is 1.86. The predicted molar refractivity (Wildman–Crippen MR) is 64.4 cm³/mol. The Morgan fingerprint density at radius 2 is 2.25 bits per heavy atom. The number of ether oxygens (including phenoxy) is 1. The van der Waals surface area contributed by atoms with Crippen molar-refractivity contribution < 1.29 is 14.6 Å². The molecule has 0 radical (unpaired) electrons. The van der Waals surface area contributed by atoms with E-state index in [1.54, 1.807) is 0 Å². The molecule has 2 atom stereocenters. The lowest BCUT2D eigenvalue weighted by Gasteiger charge is -2.18. The summed E-state index contributed by atoms with van der Waals surface area (Å²) in [5, 5.41) is 10.1. The van der Waals surface area contributed by atoms with Crippen LogP contribution in [0.2, 0.25) is 0 Å². The van der Waals surface area contributed by atoms with Gasteiger partial charge in [0.2, 0.25) is 0 Å². The molecule has 2 rings (SSSR count).